The summed E-state index contributed by atoms with van der Waals surface area (Å²) in [5.74, 6) is 0.616. The number of benzene rings is 1. The van der Waals surface area contributed by atoms with Gasteiger partial charge in [-0.05, 0) is 53.5 Å². The molecule has 27 heavy (non-hydrogen) atoms. The zero-order valence-corrected chi connectivity index (χ0v) is 18.5. The Morgan fingerprint density at radius 1 is 1.30 bits per heavy atom. The number of thioether (sulfide) groups is 1. The molecule has 1 aliphatic heterocycles. The maximum atomic E-state index is 12.6. The van der Waals surface area contributed by atoms with Crippen molar-refractivity contribution in [3.8, 4) is 11.5 Å². The van der Waals surface area contributed by atoms with Crippen molar-refractivity contribution in [1.29, 1.82) is 0 Å². The molecule has 1 amide bonds. The van der Waals surface area contributed by atoms with Crippen molar-refractivity contribution in [2.24, 2.45) is 0 Å². The number of thiocarbonyl (C=S) groups is 1. The lowest BCUT2D eigenvalue weighted by Crippen LogP contribution is -2.30. The smallest absolute Gasteiger partial charge is 0.307 e. The Balaban J connectivity index is 2.26. The van der Waals surface area contributed by atoms with Crippen LogP contribution in [0.2, 0.25) is 0 Å². The van der Waals surface area contributed by atoms with E-state index in [4.69, 9.17) is 21.7 Å². The molecular weight excluding hydrogens is 454 g/mol. The second kappa shape index (κ2) is 10.1. The molecule has 1 heterocycles. The fraction of sp³-hybridized carbons (Fsp3) is 0.389. The minimum absolute atomic E-state index is 0.0965. The van der Waals surface area contributed by atoms with Gasteiger partial charge in [0.2, 0.25) is 0 Å². The molecule has 6 nitrogen and oxygen atoms in total. The molecule has 9 heteroatoms. The summed E-state index contributed by atoms with van der Waals surface area (Å²) in [7, 11) is 1.31. The Morgan fingerprint density at radius 2 is 2.00 bits per heavy atom. The normalized spacial score (nSPS) is 15.4. The number of amides is 1. The Labute approximate surface area is 176 Å². The summed E-state index contributed by atoms with van der Waals surface area (Å²) in [4.78, 5) is 25.8. The third-order valence-corrected chi connectivity index (χ3v) is 5.53. The van der Waals surface area contributed by atoms with Gasteiger partial charge in [0.05, 0.1) is 36.1 Å². The molecule has 1 aliphatic rings. The Hall–Kier alpha value is -1.58. The van der Waals surface area contributed by atoms with Crippen LogP contribution in [0.15, 0.2) is 21.5 Å². The lowest BCUT2D eigenvalue weighted by molar-refractivity contribution is -0.140. The van der Waals surface area contributed by atoms with Gasteiger partial charge in [-0.3, -0.25) is 14.5 Å². The molecule has 1 saturated heterocycles. The molecule has 0 saturated carbocycles. The van der Waals surface area contributed by atoms with Gasteiger partial charge in [-0.2, -0.15) is 0 Å². The van der Waals surface area contributed by atoms with Crippen LogP contribution in [0.5, 0.6) is 11.5 Å². The third-order valence-electron chi connectivity index (χ3n) is 3.56. The number of halogens is 1. The topological polar surface area (TPSA) is 65.1 Å². The first-order chi connectivity index (χ1) is 12.9. The molecule has 0 spiro atoms. The van der Waals surface area contributed by atoms with E-state index in [0.29, 0.717) is 33.9 Å². The quantitative estimate of drug-likeness (QED) is 0.321. The van der Waals surface area contributed by atoms with Crippen LogP contribution in [0.3, 0.4) is 0 Å². The maximum Gasteiger partial charge on any atom is 0.307 e. The molecule has 1 aromatic rings. The van der Waals surface area contributed by atoms with E-state index in [0.717, 1.165) is 10.0 Å². The third kappa shape index (κ3) is 5.46. The van der Waals surface area contributed by atoms with Crippen LogP contribution in [-0.4, -0.2) is 48.0 Å². The van der Waals surface area contributed by atoms with Crippen molar-refractivity contribution in [1.82, 2.24) is 4.90 Å². The largest absolute Gasteiger partial charge is 0.490 e. The summed E-state index contributed by atoms with van der Waals surface area (Å²) >= 11 is 9.97. The second-order valence-electron chi connectivity index (χ2n) is 5.36. The van der Waals surface area contributed by atoms with E-state index in [1.54, 1.807) is 6.08 Å². The summed E-state index contributed by atoms with van der Waals surface area (Å²) in [5.41, 5.74) is 0.780. The van der Waals surface area contributed by atoms with Crippen LogP contribution in [0.25, 0.3) is 6.08 Å². The van der Waals surface area contributed by atoms with Gasteiger partial charge < -0.3 is 14.2 Å². The van der Waals surface area contributed by atoms with Crippen molar-refractivity contribution in [2.45, 2.75) is 20.3 Å². The molecule has 0 atom stereocenters. The fourth-order valence-corrected chi connectivity index (χ4v) is 4.25. The summed E-state index contributed by atoms with van der Waals surface area (Å²) in [6, 6.07) is 3.68. The van der Waals surface area contributed by atoms with E-state index in [-0.39, 0.29) is 24.8 Å². The molecule has 0 N–H and O–H groups in total. The van der Waals surface area contributed by atoms with Gasteiger partial charge in [-0.15, -0.1) is 0 Å². The highest BCUT2D eigenvalue weighted by atomic mass is 79.9. The van der Waals surface area contributed by atoms with Crippen molar-refractivity contribution in [3.63, 3.8) is 0 Å². The molecule has 2 rings (SSSR count). The maximum absolute atomic E-state index is 12.6. The van der Waals surface area contributed by atoms with E-state index in [2.05, 4.69) is 20.7 Å². The van der Waals surface area contributed by atoms with Crippen LogP contribution in [0, 0.1) is 0 Å². The summed E-state index contributed by atoms with van der Waals surface area (Å²) in [6.45, 7) is 4.99. The van der Waals surface area contributed by atoms with Gasteiger partial charge in [0.15, 0.2) is 11.5 Å². The van der Waals surface area contributed by atoms with E-state index in [9.17, 15) is 9.59 Å². The van der Waals surface area contributed by atoms with Crippen LogP contribution >= 0.6 is 39.9 Å². The van der Waals surface area contributed by atoms with Crippen molar-refractivity contribution < 1.29 is 23.8 Å². The fourth-order valence-electron chi connectivity index (χ4n) is 2.37. The molecule has 0 radical (unpaired) electrons. The number of methoxy groups -OCH3 is 1. The van der Waals surface area contributed by atoms with Crippen LogP contribution < -0.4 is 9.47 Å². The second-order valence-corrected chi connectivity index (χ2v) is 7.89. The lowest BCUT2D eigenvalue weighted by Gasteiger charge is -2.14. The highest BCUT2D eigenvalue weighted by Gasteiger charge is 2.32. The van der Waals surface area contributed by atoms with Gasteiger partial charge in [-0.25, -0.2) is 0 Å². The number of carbonyl (C=O) groups is 2. The van der Waals surface area contributed by atoms with Gasteiger partial charge in [0, 0.05) is 6.54 Å². The first-order valence-corrected chi connectivity index (χ1v) is 10.3. The number of hydrogen-bond donors (Lipinski definition) is 0. The predicted octanol–water partition coefficient (Wildman–Crippen LogP) is 4.01. The minimum atomic E-state index is -0.384. The van der Waals surface area contributed by atoms with E-state index >= 15 is 0 Å². The number of esters is 1. The lowest BCUT2D eigenvalue weighted by atomic mass is 10.2. The highest BCUT2D eigenvalue weighted by molar-refractivity contribution is 9.10. The number of nitrogens with zero attached hydrogens (tertiary/aromatic N) is 1. The first kappa shape index (κ1) is 21.7. The minimum Gasteiger partial charge on any atom is -0.490 e. The van der Waals surface area contributed by atoms with Gasteiger partial charge in [0.25, 0.3) is 5.91 Å². The van der Waals surface area contributed by atoms with Crippen molar-refractivity contribution in [2.75, 3.05) is 26.9 Å². The van der Waals surface area contributed by atoms with E-state index < -0.39 is 0 Å². The standard InChI is InChI=1S/C18H20BrNO5S2/c1-4-24-13-9-11(8-12(19)16(13)25-5-2)10-14-17(22)20(18(26)27-14)7-6-15(21)23-3/h8-10H,4-7H2,1-3H3/b14-10-. The highest BCUT2D eigenvalue weighted by Crippen LogP contribution is 2.39. The van der Waals surface area contributed by atoms with Crippen molar-refractivity contribution in [3.05, 3.63) is 27.1 Å². The zero-order chi connectivity index (χ0) is 20.0. The SMILES string of the molecule is CCOc1cc(/C=C2\SC(=S)N(CCC(=O)OC)C2=O)cc(Br)c1OCC. The Morgan fingerprint density at radius 3 is 2.63 bits per heavy atom. The molecule has 0 unspecified atom stereocenters. The molecule has 146 valence electrons. The number of ether oxygens (including phenoxy) is 3. The monoisotopic (exact) mass is 473 g/mol. The van der Waals surface area contributed by atoms with E-state index in [1.807, 2.05) is 26.0 Å². The summed E-state index contributed by atoms with van der Waals surface area (Å²) in [5, 5.41) is 0. The Bertz CT molecular complexity index is 781. The van der Waals surface area contributed by atoms with E-state index in [1.165, 1.54) is 23.8 Å². The van der Waals surface area contributed by atoms with Crippen molar-refractivity contribution >= 4 is 62.2 Å². The van der Waals surface area contributed by atoms with Gasteiger partial charge in [-0.1, -0.05) is 24.0 Å². The average molecular weight is 474 g/mol. The molecule has 0 bridgehead atoms. The molecular formula is C18H20BrNO5S2. The number of rotatable bonds is 8. The molecule has 1 fully saturated rings. The van der Waals surface area contributed by atoms with Crippen LogP contribution in [0.4, 0.5) is 0 Å². The molecule has 0 aromatic heterocycles. The van der Waals surface area contributed by atoms with Gasteiger partial charge in [0.1, 0.15) is 4.32 Å². The van der Waals surface area contributed by atoms with Gasteiger partial charge >= 0.3 is 5.97 Å². The van der Waals surface area contributed by atoms with Crippen LogP contribution in [-0.2, 0) is 14.3 Å². The molecule has 1 aromatic carbocycles. The van der Waals surface area contributed by atoms with Crippen LogP contribution in [0.1, 0.15) is 25.8 Å². The number of hydrogen-bond acceptors (Lipinski definition) is 7. The molecule has 0 aliphatic carbocycles. The zero-order valence-electron chi connectivity index (χ0n) is 15.2. The Kier molecular flexibility index (Phi) is 8.12. The predicted molar refractivity (Wildman–Crippen MR) is 113 cm³/mol. The average Bonchev–Trinajstić information content (AvgIpc) is 2.89. The number of carbonyl (C=O) groups excluding carboxylic acids is 2. The summed E-state index contributed by atoms with van der Waals surface area (Å²) < 4.78 is 17.1. The first-order valence-electron chi connectivity index (χ1n) is 8.32. The summed E-state index contributed by atoms with van der Waals surface area (Å²) in [6.07, 6.45) is 1.85.